The van der Waals surface area contributed by atoms with Gasteiger partial charge in [-0.15, -0.1) is 0 Å². The lowest BCUT2D eigenvalue weighted by molar-refractivity contribution is 0.0993. The third-order valence-corrected chi connectivity index (χ3v) is 5.26. The number of carbonyl (C=O) groups excluding carboxylic acids is 1. The number of benzene rings is 1. The number of nitrogens with zero attached hydrogens (tertiary/aromatic N) is 3. The fourth-order valence-corrected chi connectivity index (χ4v) is 3.84. The number of amides is 1. The fraction of sp³-hybridized carbons (Fsp3) is 0.368. The predicted octanol–water partition coefficient (Wildman–Crippen LogP) is 3.55. The van der Waals surface area contributed by atoms with Crippen molar-refractivity contribution in [3.05, 3.63) is 54.2 Å². The van der Waals surface area contributed by atoms with E-state index in [1.807, 2.05) is 55.2 Å². The van der Waals surface area contributed by atoms with Crippen molar-refractivity contribution in [2.75, 3.05) is 41.9 Å². The van der Waals surface area contributed by atoms with Crippen LogP contribution in [0.25, 0.3) is 0 Å². The normalized spacial score (nSPS) is 17.1. The summed E-state index contributed by atoms with van der Waals surface area (Å²) in [6.45, 7) is 2.05. The third-order valence-electron chi connectivity index (χ3n) is 4.45. The zero-order valence-electron chi connectivity index (χ0n) is 14.2. The van der Waals surface area contributed by atoms with Gasteiger partial charge in [-0.25, -0.2) is 4.98 Å². The molecule has 0 spiro atoms. The Morgan fingerprint density at radius 3 is 2.88 bits per heavy atom. The second-order valence-corrected chi connectivity index (χ2v) is 7.07. The van der Waals surface area contributed by atoms with Gasteiger partial charge >= 0.3 is 0 Å². The summed E-state index contributed by atoms with van der Waals surface area (Å²) in [6.07, 6.45) is 5.09. The molecule has 1 fully saturated rings. The molecular weight excluding hydrogens is 318 g/mol. The number of hydrogen-bond donors (Lipinski definition) is 0. The van der Waals surface area contributed by atoms with Crippen molar-refractivity contribution in [2.45, 2.75) is 6.42 Å². The molecule has 24 heavy (non-hydrogen) atoms. The molecule has 1 aliphatic heterocycles. The van der Waals surface area contributed by atoms with E-state index in [9.17, 15) is 4.79 Å². The first-order chi connectivity index (χ1) is 11.7. The Kier molecular flexibility index (Phi) is 5.41. The van der Waals surface area contributed by atoms with Crippen LogP contribution in [-0.4, -0.2) is 43.0 Å². The average Bonchev–Trinajstić information content (AvgIpc) is 3.10. The molecule has 1 aromatic carbocycles. The van der Waals surface area contributed by atoms with Crippen LogP contribution in [0.4, 0.5) is 11.5 Å². The molecule has 0 aliphatic carbocycles. The van der Waals surface area contributed by atoms with Gasteiger partial charge in [0.05, 0.1) is 0 Å². The number of pyridine rings is 1. The van der Waals surface area contributed by atoms with E-state index in [0.29, 0.717) is 11.5 Å². The minimum Gasteiger partial charge on any atom is -0.356 e. The van der Waals surface area contributed by atoms with Crippen LogP contribution in [0.1, 0.15) is 16.8 Å². The van der Waals surface area contributed by atoms with Gasteiger partial charge in [-0.05, 0) is 48.6 Å². The van der Waals surface area contributed by atoms with E-state index < -0.39 is 0 Å². The van der Waals surface area contributed by atoms with Crippen LogP contribution < -0.4 is 9.80 Å². The average molecular weight is 341 g/mol. The lowest BCUT2D eigenvalue weighted by Crippen LogP contribution is -2.27. The van der Waals surface area contributed by atoms with Crippen molar-refractivity contribution in [3.63, 3.8) is 0 Å². The van der Waals surface area contributed by atoms with Crippen molar-refractivity contribution in [1.82, 2.24) is 4.98 Å². The number of carbonyl (C=O) groups is 1. The smallest absolute Gasteiger partial charge is 0.258 e. The van der Waals surface area contributed by atoms with E-state index in [2.05, 4.69) is 16.1 Å². The van der Waals surface area contributed by atoms with Gasteiger partial charge in [0.15, 0.2) is 0 Å². The summed E-state index contributed by atoms with van der Waals surface area (Å²) >= 11 is 1.90. The Bertz CT molecular complexity index is 692. The van der Waals surface area contributed by atoms with E-state index in [0.717, 1.165) is 24.6 Å². The highest BCUT2D eigenvalue weighted by molar-refractivity contribution is 7.98. The molecule has 1 aliphatic rings. The van der Waals surface area contributed by atoms with Crippen LogP contribution in [0, 0.1) is 5.92 Å². The molecular formula is C19H23N3OS. The largest absolute Gasteiger partial charge is 0.356 e. The van der Waals surface area contributed by atoms with Gasteiger partial charge in [0.25, 0.3) is 5.91 Å². The summed E-state index contributed by atoms with van der Waals surface area (Å²) in [7, 11) is 1.81. The number of aromatic nitrogens is 1. The number of hydrogen-bond acceptors (Lipinski definition) is 4. The quantitative estimate of drug-likeness (QED) is 0.833. The predicted molar refractivity (Wildman–Crippen MR) is 102 cm³/mol. The SMILES string of the molecule is CSCC1CCN(c2cc(C(=O)N(C)c3ccccc3)ccn2)C1. The number of thioether (sulfide) groups is 1. The summed E-state index contributed by atoms with van der Waals surface area (Å²) in [5.74, 6) is 2.80. The van der Waals surface area contributed by atoms with Crippen LogP contribution in [0.5, 0.6) is 0 Å². The molecule has 1 amide bonds. The topological polar surface area (TPSA) is 36.4 Å². The van der Waals surface area contributed by atoms with Crippen LogP contribution >= 0.6 is 11.8 Å². The molecule has 1 aromatic heterocycles. The van der Waals surface area contributed by atoms with E-state index in [4.69, 9.17) is 0 Å². The second-order valence-electron chi connectivity index (χ2n) is 6.16. The maximum atomic E-state index is 12.8. The first-order valence-corrected chi connectivity index (χ1v) is 9.61. The Balaban J connectivity index is 1.75. The van der Waals surface area contributed by atoms with Crippen LogP contribution in [0.3, 0.4) is 0 Å². The maximum Gasteiger partial charge on any atom is 0.258 e. The van der Waals surface area contributed by atoms with Gasteiger partial charge < -0.3 is 9.80 Å². The Morgan fingerprint density at radius 2 is 2.12 bits per heavy atom. The summed E-state index contributed by atoms with van der Waals surface area (Å²) in [5, 5.41) is 0. The van der Waals surface area contributed by atoms with E-state index >= 15 is 0 Å². The fourth-order valence-electron chi connectivity index (χ4n) is 3.10. The van der Waals surface area contributed by atoms with Gasteiger partial charge in [0.1, 0.15) is 5.82 Å². The van der Waals surface area contributed by atoms with Crippen molar-refractivity contribution in [2.24, 2.45) is 5.92 Å². The Labute approximate surface area is 147 Å². The molecule has 0 N–H and O–H groups in total. The van der Waals surface area contributed by atoms with Gasteiger partial charge in [-0.1, -0.05) is 18.2 Å². The second kappa shape index (κ2) is 7.71. The molecule has 2 heterocycles. The first kappa shape index (κ1) is 16.8. The van der Waals surface area contributed by atoms with Crippen molar-refractivity contribution in [1.29, 1.82) is 0 Å². The molecule has 0 saturated carbocycles. The summed E-state index contributed by atoms with van der Waals surface area (Å²) < 4.78 is 0. The lowest BCUT2D eigenvalue weighted by atomic mass is 10.2. The Morgan fingerprint density at radius 1 is 1.33 bits per heavy atom. The minimum atomic E-state index is -0.00953. The molecule has 0 bridgehead atoms. The summed E-state index contributed by atoms with van der Waals surface area (Å²) in [6, 6.07) is 13.4. The van der Waals surface area contributed by atoms with Crippen molar-refractivity contribution >= 4 is 29.2 Å². The lowest BCUT2D eigenvalue weighted by Gasteiger charge is -2.20. The zero-order chi connectivity index (χ0) is 16.9. The Hall–Kier alpha value is -2.01. The van der Waals surface area contributed by atoms with E-state index in [-0.39, 0.29) is 5.91 Å². The van der Waals surface area contributed by atoms with Crippen LogP contribution in [0.2, 0.25) is 0 Å². The molecule has 3 rings (SSSR count). The summed E-state index contributed by atoms with van der Waals surface area (Å²) in [5.41, 5.74) is 1.57. The molecule has 1 saturated heterocycles. The maximum absolute atomic E-state index is 12.8. The molecule has 2 aromatic rings. The number of para-hydroxylation sites is 1. The first-order valence-electron chi connectivity index (χ1n) is 8.22. The van der Waals surface area contributed by atoms with Gasteiger partial charge in [0.2, 0.25) is 0 Å². The highest BCUT2D eigenvalue weighted by atomic mass is 32.2. The highest BCUT2D eigenvalue weighted by Crippen LogP contribution is 2.25. The van der Waals surface area contributed by atoms with E-state index in [1.54, 1.807) is 17.2 Å². The zero-order valence-corrected chi connectivity index (χ0v) is 15.0. The standard InChI is InChI=1S/C19H23N3OS/c1-21(17-6-4-3-5-7-17)19(23)16-8-10-20-18(12-16)22-11-9-15(13-22)14-24-2/h3-8,10,12,15H,9,11,13-14H2,1-2H3. The molecule has 1 unspecified atom stereocenters. The minimum absolute atomic E-state index is 0.00953. The van der Waals surface area contributed by atoms with E-state index in [1.165, 1.54) is 12.2 Å². The highest BCUT2D eigenvalue weighted by Gasteiger charge is 2.24. The van der Waals surface area contributed by atoms with Crippen LogP contribution in [-0.2, 0) is 0 Å². The molecule has 1 atom stereocenters. The molecule has 5 heteroatoms. The van der Waals surface area contributed by atoms with Gasteiger partial charge in [-0.2, -0.15) is 11.8 Å². The monoisotopic (exact) mass is 341 g/mol. The van der Waals surface area contributed by atoms with Gasteiger partial charge in [-0.3, -0.25) is 4.79 Å². The molecule has 126 valence electrons. The van der Waals surface area contributed by atoms with Gasteiger partial charge in [0, 0.05) is 37.6 Å². The molecule has 4 nitrogen and oxygen atoms in total. The van der Waals surface area contributed by atoms with Crippen molar-refractivity contribution < 1.29 is 4.79 Å². The molecule has 0 radical (unpaired) electrons. The number of anilines is 2. The van der Waals surface area contributed by atoms with Crippen molar-refractivity contribution in [3.8, 4) is 0 Å². The summed E-state index contributed by atoms with van der Waals surface area (Å²) in [4.78, 5) is 21.2. The number of rotatable bonds is 5. The van der Waals surface area contributed by atoms with Crippen LogP contribution in [0.15, 0.2) is 48.7 Å². The third kappa shape index (κ3) is 3.73.